The first-order valence-electron chi connectivity index (χ1n) is 11.1. The highest BCUT2D eigenvalue weighted by atomic mass is 32.1. The van der Waals surface area contributed by atoms with Crippen molar-refractivity contribution in [1.29, 1.82) is 0 Å². The summed E-state index contributed by atoms with van der Waals surface area (Å²) in [6.45, 7) is 0.00782. The second-order valence-corrected chi connectivity index (χ2v) is 9.18. The smallest absolute Gasteiger partial charge is 0.416 e. The topological polar surface area (TPSA) is 35.5 Å². The number of hydrogen-bond acceptors (Lipinski definition) is 4. The van der Waals surface area contributed by atoms with Crippen molar-refractivity contribution in [3.63, 3.8) is 0 Å². The Morgan fingerprint density at radius 3 is 2.50 bits per heavy atom. The van der Waals surface area contributed by atoms with Crippen LogP contribution in [0.2, 0.25) is 0 Å². The first-order valence-corrected chi connectivity index (χ1v) is 12.0. The molecule has 0 saturated heterocycles. The van der Waals surface area contributed by atoms with Gasteiger partial charge in [0.1, 0.15) is 18.1 Å². The number of thiophene rings is 1. The van der Waals surface area contributed by atoms with Gasteiger partial charge in [-0.25, -0.2) is 0 Å². The lowest BCUT2D eigenvalue weighted by atomic mass is 10.1. The number of carbonyl (C=O) groups excluding carboxylic acids is 1. The highest BCUT2D eigenvalue weighted by molar-refractivity contribution is 7.14. The molecule has 4 aromatic rings. The van der Waals surface area contributed by atoms with Crippen LogP contribution in [0.1, 0.15) is 36.8 Å². The van der Waals surface area contributed by atoms with Crippen LogP contribution in [0, 0.1) is 0 Å². The van der Waals surface area contributed by atoms with Crippen molar-refractivity contribution in [2.45, 2.75) is 19.2 Å². The SMILES string of the molecule is COc1ccc(/C=C/C(=O)c2ccc(Cc3ccccc3)s2)cc1COc1cccc(C(F)(F)F)c1. The zero-order chi connectivity index (χ0) is 25.5. The molecule has 0 fully saturated rings. The minimum absolute atomic E-state index is 0.00782. The Morgan fingerprint density at radius 1 is 0.944 bits per heavy atom. The maximum Gasteiger partial charge on any atom is 0.416 e. The van der Waals surface area contributed by atoms with Gasteiger partial charge in [0, 0.05) is 16.9 Å². The lowest BCUT2D eigenvalue weighted by molar-refractivity contribution is -0.137. The van der Waals surface area contributed by atoms with Gasteiger partial charge in [-0.2, -0.15) is 13.2 Å². The third-order valence-electron chi connectivity index (χ3n) is 5.41. The fourth-order valence-electron chi connectivity index (χ4n) is 3.59. The van der Waals surface area contributed by atoms with Crippen molar-refractivity contribution in [1.82, 2.24) is 0 Å². The lowest BCUT2D eigenvalue weighted by Gasteiger charge is -2.13. The van der Waals surface area contributed by atoms with E-state index in [2.05, 4.69) is 12.1 Å². The number of hydrogen-bond donors (Lipinski definition) is 0. The lowest BCUT2D eigenvalue weighted by Crippen LogP contribution is -2.05. The number of methoxy groups -OCH3 is 1. The van der Waals surface area contributed by atoms with Crippen molar-refractivity contribution in [2.75, 3.05) is 7.11 Å². The molecule has 0 aliphatic heterocycles. The largest absolute Gasteiger partial charge is 0.496 e. The summed E-state index contributed by atoms with van der Waals surface area (Å²) in [5, 5.41) is 0. The Hall–Kier alpha value is -3.84. The molecule has 0 amide bonds. The predicted molar refractivity (Wildman–Crippen MR) is 136 cm³/mol. The van der Waals surface area contributed by atoms with Gasteiger partial charge in [0.25, 0.3) is 0 Å². The van der Waals surface area contributed by atoms with Crippen LogP contribution < -0.4 is 9.47 Å². The molecule has 1 aromatic heterocycles. The summed E-state index contributed by atoms with van der Waals surface area (Å²) in [4.78, 5) is 14.5. The molecule has 0 radical (unpaired) electrons. The van der Waals surface area contributed by atoms with E-state index in [4.69, 9.17) is 9.47 Å². The van der Waals surface area contributed by atoms with E-state index in [0.29, 0.717) is 16.2 Å². The zero-order valence-corrected chi connectivity index (χ0v) is 20.2. The van der Waals surface area contributed by atoms with Crippen LogP contribution in [0.4, 0.5) is 13.2 Å². The summed E-state index contributed by atoms with van der Waals surface area (Å²) in [7, 11) is 1.51. The third-order valence-corrected chi connectivity index (χ3v) is 6.51. The Balaban J connectivity index is 1.43. The van der Waals surface area contributed by atoms with Crippen LogP contribution in [0.25, 0.3) is 6.08 Å². The molecule has 0 N–H and O–H groups in total. The molecule has 7 heteroatoms. The molecular formula is C29H23F3O3S. The summed E-state index contributed by atoms with van der Waals surface area (Å²) in [6, 6.07) is 23.9. The van der Waals surface area contributed by atoms with Crippen molar-refractivity contribution in [2.24, 2.45) is 0 Å². The number of ether oxygens (including phenoxy) is 2. The Morgan fingerprint density at radius 2 is 1.75 bits per heavy atom. The molecule has 0 aliphatic carbocycles. The minimum Gasteiger partial charge on any atom is -0.496 e. The van der Waals surface area contributed by atoms with E-state index in [-0.39, 0.29) is 18.1 Å². The van der Waals surface area contributed by atoms with Gasteiger partial charge in [0.05, 0.1) is 17.6 Å². The Bertz CT molecular complexity index is 1360. The summed E-state index contributed by atoms with van der Waals surface area (Å²) in [6.07, 6.45) is -0.459. The van der Waals surface area contributed by atoms with Gasteiger partial charge in [0.15, 0.2) is 5.78 Å². The number of rotatable bonds is 9. The average molecular weight is 509 g/mol. The van der Waals surface area contributed by atoms with Gasteiger partial charge in [-0.3, -0.25) is 4.79 Å². The number of allylic oxidation sites excluding steroid dienone is 1. The molecule has 184 valence electrons. The highest BCUT2D eigenvalue weighted by Crippen LogP contribution is 2.32. The maximum atomic E-state index is 13.0. The first-order chi connectivity index (χ1) is 17.3. The predicted octanol–water partition coefficient (Wildman–Crippen LogP) is 7.84. The molecule has 4 rings (SSSR count). The number of halogens is 3. The van der Waals surface area contributed by atoms with Gasteiger partial charge in [-0.05, 0) is 59.7 Å². The summed E-state index contributed by atoms with van der Waals surface area (Å²) in [5.41, 5.74) is 1.80. The molecule has 0 bridgehead atoms. The van der Waals surface area contributed by atoms with E-state index in [1.807, 2.05) is 30.3 Å². The summed E-state index contributed by atoms with van der Waals surface area (Å²) >= 11 is 1.47. The Kier molecular flexibility index (Phi) is 7.90. The van der Waals surface area contributed by atoms with Crippen molar-refractivity contribution >= 4 is 23.2 Å². The van der Waals surface area contributed by atoms with E-state index in [1.54, 1.807) is 24.3 Å². The second kappa shape index (κ2) is 11.3. The molecule has 0 atom stereocenters. The number of carbonyl (C=O) groups is 1. The number of alkyl halides is 3. The van der Waals surface area contributed by atoms with Crippen LogP contribution in [-0.2, 0) is 19.2 Å². The van der Waals surface area contributed by atoms with Crippen LogP contribution in [0.5, 0.6) is 11.5 Å². The van der Waals surface area contributed by atoms with E-state index in [0.717, 1.165) is 29.0 Å². The summed E-state index contributed by atoms with van der Waals surface area (Å²) < 4.78 is 49.9. The van der Waals surface area contributed by atoms with Crippen molar-refractivity contribution < 1.29 is 27.4 Å². The van der Waals surface area contributed by atoms with Gasteiger partial charge in [-0.1, -0.05) is 48.5 Å². The monoisotopic (exact) mass is 508 g/mol. The molecule has 3 aromatic carbocycles. The fourth-order valence-corrected chi connectivity index (χ4v) is 4.56. The number of ketones is 1. The van der Waals surface area contributed by atoms with Crippen molar-refractivity contribution in [3.05, 3.63) is 123 Å². The summed E-state index contributed by atoms with van der Waals surface area (Å²) in [5.74, 6) is 0.540. The van der Waals surface area contributed by atoms with Crippen molar-refractivity contribution in [3.8, 4) is 11.5 Å². The van der Waals surface area contributed by atoms with Crippen LogP contribution in [-0.4, -0.2) is 12.9 Å². The second-order valence-electron chi connectivity index (χ2n) is 8.01. The normalized spacial score (nSPS) is 11.6. The van der Waals surface area contributed by atoms with Crippen LogP contribution in [0.15, 0.2) is 91.0 Å². The van der Waals surface area contributed by atoms with Gasteiger partial charge < -0.3 is 9.47 Å². The van der Waals surface area contributed by atoms with Gasteiger partial charge in [0.2, 0.25) is 0 Å². The molecule has 3 nitrogen and oxygen atoms in total. The van der Waals surface area contributed by atoms with Gasteiger partial charge >= 0.3 is 6.18 Å². The molecular weight excluding hydrogens is 485 g/mol. The van der Waals surface area contributed by atoms with E-state index >= 15 is 0 Å². The first kappa shape index (κ1) is 25.3. The molecule has 1 heterocycles. The minimum atomic E-state index is -4.45. The third kappa shape index (κ3) is 6.64. The standard InChI is InChI=1S/C29H23F3O3S/c1-34-27-14-11-21(16-22(27)19-35-24-9-5-8-23(18-24)29(30,31)32)10-13-26(33)28-15-12-25(36-28)17-20-6-3-2-4-7-20/h2-16,18H,17,19H2,1H3/b13-10+. The molecule has 0 saturated carbocycles. The highest BCUT2D eigenvalue weighted by Gasteiger charge is 2.30. The van der Waals surface area contributed by atoms with Gasteiger partial charge in [-0.15, -0.1) is 11.3 Å². The van der Waals surface area contributed by atoms with Crippen LogP contribution >= 0.6 is 11.3 Å². The molecule has 0 aliphatic rings. The van der Waals surface area contributed by atoms with E-state index < -0.39 is 11.7 Å². The zero-order valence-electron chi connectivity index (χ0n) is 19.4. The Labute approximate surface area is 211 Å². The van der Waals surface area contributed by atoms with E-state index in [1.165, 1.54) is 42.2 Å². The quantitative estimate of drug-likeness (QED) is 0.171. The van der Waals surface area contributed by atoms with Crippen LogP contribution in [0.3, 0.4) is 0 Å². The molecule has 0 unspecified atom stereocenters. The van der Waals surface area contributed by atoms with E-state index in [9.17, 15) is 18.0 Å². The average Bonchev–Trinajstić information content (AvgIpc) is 3.35. The fraction of sp³-hybridized carbons (Fsp3) is 0.138. The molecule has 36 heavy (non-hydrogen) atoms. The number of benzene rings is 3. The maximum absolute atomic E-state index is 13.0. The molecule has 0 spiro atoms.